The van der Waals surface area contributed by atoms with Gasteiger partial charge in [0.25, 0.3) is 0 Å². The Morgan fingerprint density at radius 1 is 1.50 bits per heavy atom. The largest absolute Gasteiger partial charge is 0.297 e. The van der Waals surface area contributed by atoms with E-state index in [0.717, 1.165) is 28.5 Å². The summed E-state index contributed by atoms with van der Waals surface area (Å²) in [6, 6.07) is 0. The molecular formula is C14H17BrN2S. The van der Waals surface area contributed by atoms with Crippen LogP contribution in [-0.4, -0.2) is 14.7 Å². The lowest BCUT2D eigenvalue weighted by Gasteiger charge is -2.35. The van der Waals surface area contributed by atoms with Crippen LogP contribution in [0.15, 0.2) is 17.8 Å². The SMILES string of the molecule is BrCC1(Cc2cn3ccsc3n2)CC2CCC1C2. The number of halogens is 1. The second-order valence-electron chi connectivity index (χ2n) is 6.08. The molecule has 4 heteroatoms. The lowest BCUT2D eigenvalue weighted by atomic mass is 9.72. The van der Waals surface area contributed by atoms with Gasteiger partial charge in [0.1, 0.15) is 0 Å². The van der Waals surface area contributed by atoms with Gasteiger partial charge in [0.05, 0.1) is 5.69 Å². The van der Waals surface area contributed by atoms with Crippen molar-refractivity contribution in [2.24, 2.45) is 17.3 Å². The molecule has 4 rings (SSSR count). The van der Waals surface area contributed by atoms with Crippen LogP contribution in [0.4, 0.5) is 0 Å². The van der Waals surface area contributed by atoms with E-state index in [1.54, 1.807) is 11.3 Å². The Morgan fingerprint density at radius 3 is 3.11 bits per heavy atom. The first kappa shape index (κ1) is 11.5. The average molecular weight is 325 g/mol. The highest BCUT2D eigenvalue weighted by Gasteiger charge is 2.50. The van der Waals surface area contributed by atoms with Crippen molar-refractivity contribution in [1.82, 2.24) is 9.38 Å². The third kappa shape index (κ3) is 1.61. The molecule has 2 aliphatic rings. The zero-order valence-corrected chi connectivity index (χ0v) is 12.7. The van der Waals surface area contributed by atoms with E-state index < -0.39 is 0 Å². The second-order valence-corrected chi connectivity index (χ2v) is 7.51. The van der Waals surface area contributed by atoms with Crippen molar-refractivity contribution >= 4 is 32.2 Å². The van der Waals surface area contributed by atoms with Crippen LogP contribution in [0.25, 0.3) is 4.96 Å². The summed E-state index contributed by atoms with van der Waals surface area (Å²) in [5.41, 5.74) is 1.78. The molecule has 96 valence electrons. The van der Waals surface area contributed by atoms with E-state index in [2.05, 4.69) is 38.1 Å². The van der Waals surface area contributed by atoms with Gasteiger partial charge in [-0.15, -0.1) is 11.3 Å². The number of hydrogen-bond acceptors (Lipinski definition) is 2. The Morgan fingerprint density at radius 2 is 2.44 bits per heavy atom. The minimum absolute atomic E-state index is 0.493. The maximum Gasteiger partial charge on any atom is 0.193 e. The molecule has 0 spiro atoms. The van der Waals surface area contributed by atoms with Gasteiger partial charge >= 0.3 is 0 Å². The van der Waals surface area contributed by atoms with Crippen LogP contribution in [0.1, 0.15) is 31.4 Å². The van der Waals surface area contributed by atoms with Crippen molar-refractivity contribution in [2.45, 2.75) is 32.1 Å². The predicted molar refractivity (Wildman–Crippen MR) is 78.4 cm³/mol. The first-order valence-corrected chi connectivity index (χ1v) is 8.76. The van der Waals surface area contributed by atoms with E-state index in [1.165, 1.54) is 31.4 Å². The standard InChI is InChI=1S/C14H17BrN2S/c15-9-14(6-10-1-2-11(14)5-10)7-12-8-17-3-4-18-13(17)16-12/h3-4,8,10-11H,1-2,5-7,9H2. The quantitative estimate of drug-likeness (QED) is 0.775. The molecule has 2 fully saturated rings. The molecule has 18 heavy (non-hydrogen) atoms. The summed E-state index contributed by atoms with van der Waals surface area (Å²) in [6.07, 6.45) is 11.3. The summed E-state index contributed by atoms with van der Waals surface area (Å²) in [7, 11) is 0. The van der Waals surface area contributed by atoms with Gasteiger partial charge in [0, 0.05) is 23.1 Å². The van der Waals surface area contributed by atoms with Crippen LogP contribution in [0.3, 0.4) is 0 Å². The van der Waals surface area contributed by atoms with E-state index in [9.17, 15) is 0 Å². The molecule has 2 heterocycles. The molecule has 0 amide bonds. The summed E-state index contributed by atoms with van der Waals surface area (Å²) < 4.78 is 2.16. The van der Waals surface area contributed by atoms with Crippen molar-refractivity contribution in [3.8, 4) is 0 Å². The van der Waals surface area contributed by atoms with Crippen LogP contribution in [0.2, 0.25) is 0 Å². The van der Waals surface area contributed by atoms with Crippen molar-refractivity contribution < 1.29 is 0 Å². The molecular weight excluding hydrogens is 308 g/mol. The zero-order chi connectivity index (χ0) is 12.2. The number of hydrogen-bond donors (Lipinski definition) is 0. The van der Waals surface area contributed by atoms with Gasteiger partial charge in [0.15, 0.2) is 4.96 Å². The predicted octanol–water partition coefficient (Wildman–Crippen LogP) is 4.14. The zero-order valence-electron chi connectivity index (χ0n) is 10.3. The minimum Gasteiger partial charge on any atom is -0.297 e. The van der Waals surface area contributed by atoms with Crippen LogP contribution in [0.5, 0.6) is 0 Å². The van der Waals surface area contributed by atoms with Gasteiger partial charge in [-0.05, 0) is 42.9 Å². The maximum atomic E-state index is 4.77. The van der Waals surface area contributed by atoms with Crippen molar-refractivity contribution in [1.29, 1.82) is 0 Å². The highest BCUT2D eigenvalue weighted by Crippen LogP contribution is 2.57. The van der Waals surface area contributed by atoms with E-state index in [1.807, 2.05) is 0 Å². The molecule has 0 aromatic carbocycles. The third-order valence-electron chi connectivity index (χ3n) is 5.04. The topological polar surface area (TPSA) is 17.3 Å². The fourth-order valence-corrected chi connectivity index (χ4v) is 5.81. The summed E-state index contributed by atoms with van der Waals surface area (Å²) in [5, 5.41) is 3.25. The van der Waals surface area contributed by atoms with Gasteiger partial charge in [-0.2, -0.15) is 0 Å². The molecule has 0 saturated heterocycles. The molecule has 2 aromatic rings. The molecule has 2 aromatic heterocycles. The van der Waals surface area contributed by atoms with Gasteiger partial charge in [-0.3, -0.25) is 4.40 Å². The first-order chi connectivity index (χ1) is 8.79. The van der Waals surface area contributed by atoms with Crippen LogP contribution in [-0.2, 0) is 6.42 Å². The number of thiazole rings is 1. The number of fused-ring (bicyclic) bond motifs is 3. The Bertz CT molecular complexity index is 547. The van der Waals surface area contributed by atoms with E-state index >= 15 is 0 Å². The molecule has 2 bridgehead atoms. The Labute approximate surface area is 120 Å². The third-order valence-corrected chi connectivity index (χ3v) is 6.93. The molecule has 3 atom stereocenters. The smallest absolute Gasteiger partial charge is 0.193 e. The van der Waals surface area contributed by atoms with Crippen LogP contribution >= 0.6 is 27.3 Å². The monoisotopic (exact) mass is 324 g/mol. The maximum absolute atomic E-state index is 4.77. The van der Waals surface area contributed by atoms with Crippen molar-refractivity contribution in [3.63, 3.8) is 0 Å². The van der Waals surface area contributed by atoms with Gasteiger partial charge in [-0.1, -0.05) is 22.4 Å². The number of nitrogens with zero attached hydrogens (tertiary/aromatic N) is 2. The normalized spacial score (nSPS) is 34.7. The summed E-state index contributed by atoms with van der Waals surface area (Å²) >= 11 is 5.52. The molecule has 0 N–H and O–H groups in total. The highest BCUT2D eigenvalue weighted by atomic mass is 79.9. The summed E-state index contributed by atoms with van der Waals surface area (Å²) in [5.74, 6) is 1.93. The average Bonchev–Trinajstić information content (AvgIpc) is 3.06. The lowest BCUT2D eigenvalue weighted by molar-refractivity contribution is 0.195. The van der Waals surface area contributed by atoms with E-state index in [4.69, 9.17) is 4.98 Å². The number of aromatic nitrogens is 2. The van der Waals surface area contributed by atoms with Crippen molar-refractivity contribution in [3.05, 3.63) is 23.5 Å². The number of alkyl halides is 1. The Kier molecular flexibility index (Phi) is 2.60. The van der Waals surface area contributed by atoms with Gasteiger partial charge in [-0.25, -0.2) is 4.98 Å². The minimum atomic E-state index is 0.493. The molecule has 3 unspecified atom stereocenters. The van der Waals surface area contributed by atoms with E-state index in [-0.39, 0.29) is 0 Å². The Balaban J connectivity index is 1.64. The molecule has 2 aliphatic carbocycles. The van der Waals surface area contributed by atoms with Gasteiger partial charge in [0.2, 0.25) is 0 Å². The van der Waals surface area contributed by atoms with Crippen LogP contribution in [0, 0.1) is 17.3 Å². The lowest BCUT2D eigenvalue weighted by Crippen LogP contribution is -2.32. The molecule has 0 aliphatic heterocycles. The number of rotatable bonds is 3. The van der Waals surface area contributed by atoms with Gasteiger partial charge < -0.3 is 0 Å². The first-order valence-electron chi connectivity index (χ1n) is 6.76. The fourth-order valence-electron chi connectivity index (χ4n) is 4.21. The Hall–Kier alpha value is -0.350. The molecule has 2 nitrogen and oxygen atoms in total. The molecule has 0 radical (unpaired) electrons. The van der Waals surface area contributed by atoms with E-state index in [0.29, 0.717) is 5.41 Å². The number of imidazole rings is 1. The van der Waals surface area contributed by atoms with Crippen molar-refractivity contribution in [2.75, 3.05) is 5.33 Å². The second kappa shape index (κ2) is 4.07. The summed E-state index contributed by atoms with van der Waals surface area (Å²) in [4.78, 5) is 5.91. The van der Waals surface area contributed by atoms with Crippen LogP contribution < -0.4 is 0 Å². The fraction of sp³-hybridized carbons (Fsp3) is 0.643. The summed E-state index contributed by atoms with van der Waals surface area (Å²) in [6.45, 7) is 0. The molecule has 2 saturated carbocycles. The highest BCUT2D eigenvalue weighted by molar-refractivity contribution is 9.09.